The van der Waals surface area contributed by atoms with Crippen LogP contribution in [0.3, 0.4) is 0 Å². The van der Waals surface area contributed by atoms with Crippen molar-refractivity contribution >= 4 is 5.91 Å². The number of hydrogen-bond donors (Lipinski definition) is 2. The average molecular weight is 272 g/mol. The van der Waals surface area contributed by atoms with E-state index in [-0.39, 0.29) is 17.9 Å². The molecule has 2 fully saturated rings. The molecular weight excluding hydrogens is 248 g/mol. The second-order valence-electron chi connectivity index (χ2n) is 6.11. The topological polar surface area (TPSA) is 41.1 Å². The predicted molar refractivity (Wildman–Crippen MR) is 80.3 cm³/mol. The largest absolute Gasteiger partial charge is 0.349 e. The Morgan fingerprint density at radius 2 is 1.80 bits per heavy atom. The Bertz CT molecular complexity index is 436. The summed E-state index contributed by atoms with van der Waals surface area (Å²) in [6.07, 6.45) is 5.73. The lowest BCUT2D eigenvalue weighted by Crippen LogP contribution is -2.42. The molecule has 0 bridgehead atoms. The smallest absolute Gasteiger partial charge is 0.223 e. The third kappa shape index (κ3) is 3.04. The molecule has 1 heterocycles. The maximum absolute atomic E-state index is 12.5. The first-order valence-electron chi connectivity index (χ1n) is 7.90. The molecule has 3 nitrogen and oxygen atoms in total. The van der Waals surface area contributed by atoms with Crippen molar-refractivity contribution in [2.75, 3.05) is 13.1 Å². The Hall–Kier alpha value is -1.35. The van der Waals surface area contributed by atoms with Crippen LogP contribution < -0.4 is 10.6 Å². The number of nitrogens with one attached hydrogen (secondary N) is 2. The zero-order valence-electron chi connectivity index (χ0n) is 12.0. The molecule has 1 aromatic rings. The summed E-state index contributed by atoms with van der Waals surface area (Å²) in [4.78, 5) is 12.5. The summed E-state index contributed by atoms with van der Waals surface area (Å²) in [5.74, 6) is 1.08. The van der Waals surface area contributed by atoms with Crippen molar-refractivity contribution in [2.24, 2.45) is 11.8 Å². The number of carbonyl (C=O) groups excluding carboxylic acids is 1. The van der Waals surface area contributed by atoms with Crippen molar-refractivity contribution in [1.29, 1.82) is 0 Å². The van der Waals surface area contributed by atoms with Gasteiger partial charge in [-0.25, -0.2) is 0 Å². The number of benzene rings is 1. The van der Waals surface area contributed by atoms with Crippen LogP contribution >= 0.6 is 0 Å². The van der Waals surface area contributed by atoms with Crippen LogP contribution in [0, 0.1) is 11.8 Å². The maximum Gasteiger partial charge on any atom is 0.223 e. The predicted octanol–water partition coefficient (Wildman–Crippen LogP) is 2.64. The molecule has 1 atom stereocenters. The van der Waals surface area contributed by atoms with Gasteiger partial charge in [0.1, 0.15) is 0 Å². The van der Waals surface area contributed by atoms with Gasteiger partial charge in [0.2, 0.25) is 5.91 Å². The fourth-order valence-electron chi connectivity index (χ4n) is 3.26. The van der Waals surface area contributed by atoms with Crippen LogP contribution in [0.15, 0.2) is 30.3 Å². The van der Waals surface area contributed by atoms with Crippen LogP contribution in [-0.4, -0.2) is 19.0 Å². The molecule has 3 heteroatoms. The first-order chi connectivity index (χ1) is 9.84. The van der Waals surface area contributed by atoms with E-state index in [1.165, 1.54) is 24.8 Å². The van der Waals surface area contributed by atoms with E-state index in [9.17, 15) is 4.79 Å². The van der Waals surface area contributed by atoms with Gasteiger partial charge in [0.25, 0.3) is 0 Å². The number of amides is 1. The maximum atomic E-state index is 12.5. The average Bonchev–Trinajstić information content (AvgIpc) is 2.46. The Labute approximate surface area is 121 Å². The third-order valence-electron chi connectivity index (χ3n) is 4.79. The van der Waals surface area contributed by atoms with Crippen LogP contribution in [0.5, 0.6) is 0 Å². The van der Waals surface area contributed by atoms with Gasteiger partial charge in [0.05, 0.1) is 6.04 Å². The molecule has 3 rings (SSSR count). The molecule has 1 saturated heterocycles. The lowest BCUT2D eigenvalue weighted by atomic mass is 9.77. The SMILES string of the molecule is O=C(NC(c1ccccc1)C1CCC1)C1CCNCC1. The van der Waals surface area contributed by atoms with Crippen molar-refractivity contribution in [3.8, 4) is 0 Å². The summed E-state index contributed by atoms with van der Waals surface area (Å²) in [5.41, 5.74) is 1.26. The number of carbonyl (C=O) groups is 1. The van der Waals surface area contributed by atoms with E-state index in [1.807, 2.05) is 6.07 Å². The van der Waals surface area contributed by atoms with E-state index in [2.05, 4.69) is 34.9 Å². The van der Waals surface area contributed by atoms with Crippen LogP contribution in [-0.2, 0) is 4.79 Å². The lowest BCUT2D eigenvalue weighted by Gasteiger charge is -2.36. The molecule has 2 N–H and O–H groups in total. The standard InChI is InChI=1S/C17H24N2O/c20-17(15-9-11-18-12-10-15)19-16(14-7-4-8-14)13-5-2-1-3-6-13/h1-3,5-6,14-16,18H,4,7-12H2,(H,19,20). The number of rotatable bonds is 4. The first kappa shape index (κ1) is 13.6. The fraction of sp³-hybridized carbons (Fsp3) is 0.588. The van der Waals surface area contributed by atoms with Crippen molar-refractivity contribution in [1.82, 2.24) is 10.6 Å². The van der Waals surface area contributed by atoms with E-state index in [0.717, 1.165) is 25.9 Å². The van der Waals surface area contributed by atoms with Gasteiger partial charge in [-0.15, -0.1) is 0 Å². The molecule has 2 aliphatic rings. The highest BCUT2D eigenvalue weighted by molar-refractivity contribution is 5.79. The molecule has 1 aliphatic carbocycles. The zero-order valence-corrected chi connectivity index (χ0v) is 12.0. The minimum atomic E-state index is 0.197. The van der Waals surface area contributed by atoms with Gasteiger partial charge < -0.3 is 10.6 Å². The van der Waals surface area contributed by atoms with Crippen LogP contribution in [0.1, 0.15) is 43.7 Å². The van der Waals surface area contributed by atoms with Gasteiger partial charge in [-0.05, 0) is 50.3 Å². The summed E-state index contributed by atoms with van der Waals surface area (Å²) in [6.45, 7) is 1.94. The van der Waals surface area contributed by atoms with E-state index in [1.54, 1.807) is 0 Å². The zero-order chi connectivity index (χ0) is 13.8. The Balaban J connectivity index is 1.68. The molecular formula is C17H24N2O. The van der Waals surface area contributed by atoms with Crippen molar-refractivity contribution < 1.29 is 4.79 Å². The van der Waals surface area contributed by atoms with E-state index >= 15 is 0 Å². The quantitative estimate of drug-likeness (QED) is 0.884. The van der Waals surface area contributed by atoms with Gasteiger partial charge in [-0.2, -0.15) is 0 Å². The Kier molecular flexibility index (Phi) is 4.36. The van der Waals surface area contributed by atoms with Crippen LogP contribution in [0.2, 0.25) is 0 Å². The second kappa shape index (κ2) is 6.40. The normalized spacial score (nSPS) is 22.0. The van der Waals surface area contributed by atoms with E-state index in [4.69, 9.17) is 0 Å². The van der Waals surface area contributed by atoms with Crippen LogP contribution in [0.4, 0.5) is 0 Å². The third-order valence-corrected chi connectivity index (χ3v) is 4.79. The van der Waals surface area contributed by atoms with Crippen molar-refractivity contribution in [3.05, 3.63) is 35.9 Å². The Morgan fingerprint density at radius 3 is 2.40 bits per heavy atom. The lowest BCUT2D eigenvalue weighted by molar-refractivity contribution is -0.127. The molecule has 1 unspecified atom stereocenters. The summed E-state index contributed by atoms with van der Waals surface area (Å²) < 4.78 is 0. The van der Waals surface area contributed by atoms with Gasteiger partial charge in [0, 0.05) is 5.92 Å². The van der Waals surface area contributed by atoms with Crippen LogP contribution in [0.25, 0.3) is 0 Å². The van der Waals surface area contributed by atoms with Gasteiger partial charge >= 0.3 is 0 Å². The molecule has 1 aliphatic heterocycles. The molecule has 20 heavy (non-hydrogen) atoms. The van der Waals surface area contributed by atoms with E-state index in [0.29, 0.717) is 5.92 Å². The van der Waals surface area contributed by atoms with Gasteiger partial charge in [0.15, 0.2) is 0 Å². The van der Waals surface area contributed by atoms with Crippen molar-refractivity contribution in [3.63, 3.8) is 0 Å². The molecule has 1 amide bonds. The molecule has 0 radical (unpaired) electrons. The highest BCUT2D eigenvalue weighted by Gasteiger charge is 2.31. The molecule has 108 valence electrons. The number of hydrogen-bond acceptors (Lipinski definition) is 2. The molecule has 1 saturated carbocycles. The minimum Gasteiger partial charge on any atom is -0.349 e. The molecule has 0 aromatic heterocycles. The first-order valence-corrected chi connectivity index (χ1v) is 7.90. The van der Waals surface area contributed by atoms with Crippen molar-refractivity contribution in [2.45, 2.75) is 38.1 Å². The number of piperidine rings is 1. The summed E-state index contributed by atoms with van der Waals surface area (Å²) >= 11 is 0. The molecule has 1 aromatic carbocycles. The molecule has 0 spiro atoms. The fourth-order valence-corrected chi connectivity index (χ4v) is 3.26. The summed E-state index contributed by atoms with van der Waals surface area (Å²) in [7, 11) is 0. The van der Waals surface area contributed by atoms with Gasteiger partial charge in [-0.3, -0.25) is 4.79 Å². The van der Waals surface area contributed by atoms with E-state index < -0.39 is 0 Å². The highest BCUT2D eigenvalue weighted by atomic mass is 16.1. The second-order valence-corrected chi connectivity index (χ2v) is 6.11. The highest BCUT2D eigenvalue weighted by Crippen LogP contribution is 2.37. The minimum absolute atomic E-state index is 0.197. The summed E-state index contributed by atoms with van der Waals surface area (Å²) in [6, 6.07) is 10.7. The monoisotopic (exact) mass is 272 g/mol. The van der Waals surface area contributed by atoms with Gasteiger partial charge in [-0.1, -0.05) is 36.8 Å². The summed E-state index contributed by atoms with van der Waals surface area (Å²) in [5, 5.41) is 6.66. The Morgan fingerprint density at radius 1 is 1.10 bits per heavy atom.